The molecule has 2 rings (SSSR count). The highest BCUT2D eigenvalue weighted by Gasteiger charge is 2.16. The lowest BCUT2D eigenvalue weighted by Crippen LogP contribution is -2.16. The molecule has 2 nitrogen and oxygen atoms in total. The summed E-state index contributed by atoms with van der Waals surface area (Å²) in [5.74, 6) is 1.36. The Morgan fingerprint density at radius 2 is 1.76 bits per heavy atom. The van der Waals surface area contributed by atoms with E-state index in [9.17, 15) is 4.79 Å². The summed E-state index contributed by atoms with van der Waals surface area (Å²) in [5.41, 5.74) is 6.52. The Hall–Kier alpha value is -1.67. The molecule has 2 aromatic carbocycles. The SMILES string of the molecule is CC(C)C(CCN)CCC(=O)c1cccc2ccccc12. The van der Waals surface area contributed by atoms with Crippen molar-refractivity contribution in [3.8, 4) is 0 Å². The Bertz CT molecular complexity index is 598. The molecular weight excluding hydrogens is 258 g/mol. The second-order valence-electron chi connectivity index (χ2n) is 6.07. The van der Waals surface area contributed by atoms with Gasteiger partial charge in [0, 0.05) is 12.0 Å². The maximum Gasteiger partial charge on any atom is 0.163 e. The Balaban J connectivity index is 2.12. The van der Waals surface area contributed by atoms with Gasteiger partial charge >= 0.3 is 0 Å². The molecule has 0 saturated carbocycles. The molecule has 112 valence electrons. The third kappa shape index (κ3) is 3.92. The molecule has 0 radical (unpaired) electrons. The minimum absolute atomic E-state index is 0.245. The van der Waals surface area contributed by atoms with Crippen LogP contribution in [0.3, 0.4) is 0 Å². The van der Waals surface area contributed by atoms with Gasteiger partial charge < -0.3 is 5.73 Å². The van der Waals surface area contributed by atoms with Crippen molar-refractivity contribution in [3.63, 3.8) is 0 Å². The average molecular weight is 283 g/mol. The first-order valence-corrected chi connectivity index (χ1v) is 7.84. The molecule has 0 amide bonds. The summed E-state index contributed by atoms with van der Waals surface area (Å²) in [4.78, 5) is 12.6. The zero-order valence-corrected chi connectivity index (χ0v) is 13.0. The van der Waals surface area contributed by atoms with Crippen LogP contribution in [0.1, 0.15) is 43.5 Å². The van der Waals surface area contributed by atoms with Crippen molar-refractivity contribution in [1.82, 2.24) is 0 Å². The molecule has 0 aliphatic heterocycles. The van der Waals surface area contributed by atoms with Gasteiger partial charge in [-0.15, -0.1) is 0 Å². The Morgan fingerprint density at radius 1 is 1.05 bits per heavy atom. The van der Waals surface area contributed by atoms with Gasteiger partial charge in [-0.3, -0.25) is 4.79 Å². The summed E-state index contributed by atoms with van der Waals surface area (Å²) < 4.78 is 0. The van der Waals surface area contributed by atoms with Crippen LogP contribution < -0.4 is 5.73 Å². The van der Waals surface area contributed by atoms with Crippen molar-refractivity contribution in [2.24, 2.45) is 17.6 Å². The monoisotopic (exact) mass is 283 g/mol. The summed E-state index contributed by atoms with van der Waals surface area (Å²) in [6.45, 7) is 5.12. The van der Waals surface area contributed by atoms with Crippen LogP contribution in [0.25, 0.3) is 10.8 Å². The number of Topliss-reactive ketones (excluding diaryl/α,β-unsaturated/α-hetero) is 1. The van der Waals surface area contributed by atoms with Crippen LogP contribution in [0, 0.1) is 11.8 Å². The zero-order chi connectivity index (χ0) is 15.2. The Labute approximate surface area is 127 Å². The highest BCUT2D eigenvalue weighted by molar-refractivity contribution is 6.08. The van der Waals surface area contributed by atoms with E-state index in [1.165, 1.54) is 0 Å². The number of fused-ring (bicyclic) bond motifs is 1. The predicted molar refractivity (Wildman–Crippen MR) is 89.5 cm³/mol. The van der Waals surface area contributed by atoms with Gasteiger partial charge in [0.2, 0.25) is 0 Å². The molecule has 2 N–H and O–H groups in total. The normalized spacial score (nSPS) is 12.8. The standard InChI is InChI=1S/C19H25NO/c1-14(2)15(12-13-20)10-11-19(21)18-9-5-7-16-6-3-4-8-17(16)18/h3-9,14-15H,10-13,20H2,1-2H3. The molecule has 0 spiro atoms. The van der Waals surface area contributed by atoms with Crippen molar-refractivity contribution in [1.29, 1.82) is 0 Å². The van der Waals surface area contributed by atoms with E-state index in [1.807, 2.05) is 30.3 Å². The fourth-order valence-corrected chi connectivity index (χ4v) is 2.94. The summed E-state index contributed by atoms with van der Waals surface area (Å²) in [6.07, 6.45) is 2.54. The van der Waals surface area contributed by atoms with E-state index in [0.717, 1.165) is 29.2 Å². The van der Waals surface area contributed by atoms with Gasteiger partial charge in [-0.05, 0) is 42.0 Å². The molecule has 2 heteroatoms. The zero-order valence-electron chi connectivity index (χ0n) is 13.0. The van der Waals surface area contributed by atoms with Crippen molar-refractivity contribution in [2.45, 2.75) is 33.1 Å². The van der Waals surface area contributed by atoms with E-state index < -0.39 is 0 Å². The number of carbonyl (C=O) groups is 1. The van der Waals surface area contributed by atoms with E-state index in [-0.39, 0.29) is 5.78 Å². The molecule has 0 saturated heterocycles. The van der Waals surface area contributed by atoms with Crippen LogP contribution in [0.5, 0.6) is 0 Å². The number of hydrogen-bond donors (Lipinski definition) is 1. The van der Waals surface area contributed by atoms with E-state index >= 15 is 0 Å². The van der Waals surface area contributed by atoms with Crippen molar-refractivity contribution >= 4 is 16.6 Å². The number of hydrogen-bond acceptors (Lipinski definition) is 2. The minimum Gasteiger partial charge on any atom is -0.330 e. The van der Waals surface area contributed by atoms with E-state index in [2.05, 4.69) is 26.0 Å². The highest BCUT2D eigenvalue weighted by Crippen LogP contribution is 2.24. The van der Waals surface area contributed by atoms with E-state index in [4.69, 9.17) is 5.73 Å². The summed E-state index contributed by atoms with van der Waals surface area (Å²) >= 11 is 0. The van der Waals surface area contributed by atoms with Crippen LogP contribution in [0.4, 0.5) is 0 Å². The van der Waals surface area contributed by atoms with Crippen LogP contribution >= 0.6 is 0 Å². The van der Waals surface area contributed by atoms with Gasteiger partial charge in [0.25, 0.3) is 0 Å². The summed E-state index contributed by atoms with van der Waals surface area (Å²) in [7, 11) is 0. The lowest BCUT2D eigenvalue weighted by Gasteiger charge is -2.19. The number of ketones is 1. The molecule has 0 heterocycles. The number of rotatable bonds is 7. The van der Waals surface area contributed by atoms with Crippen LogP contribution in [0.15, 0.2) is 42.5 Å². The Kier molecular flexibility index (Phi) is 5.51. The second kappa shape index (κ2) is 7.37. The maximum atomic E-state index is 12.6. The Morgan fingerprint density at radius 3 is 2.48 bits per heavy atom. The van der Waals surface area contributed by atoms with Gasteiger partial charge in [-0.2, -0.15) is 0 Å². The van der Waals surface area contributed by atoms with Crippen molar-refractivity contribution in [3.05, 3.63) is 48.0 Å². The van der Waals surface area contributed by atoms with Gasteiger partial charge in [0.05, 0.1) is 0 Å². The molecule has 1 atom stereocenters. The predicted octanol–water partition coefficient (Wildman–Crippen LogP) is 4.42. The molecule has 0 bridgehead atoms. The van der Waals surface area contributed by atoms with Gasteiger partial charge in [-0.1, -0.05) is 56.3 Å². The summed E-state index contributed by atoms with van der Waals surface area (Å²) in [6, 6.07) is 14.0. The van der Waals surface area contributed by atoms with E-state index in [1.54, 1.807) is 0 Å². The van der Waals surface area contributed by atoms with Gasteiger partial charge in [0.1, 0.15) is 0 Å². The maximum absolute atomic E-state index is 12.6. The van der Waals surface area contributed by atoms with Gasteiger partial charge in [-0.25, -0.2) is 0 Å². The van der Waals surface area contributed by atoms with Crippen LogP contribution in [-0.2, 0) is 0 Å². The number of benzene rings is 2. The molecule has 0 aromatic heterocycles. The first kappa shape index (κ1) is 15.7. The van der Waals surface area contributed by atoms with Crippen molar-refractivity contribution in [2.75, 3.05) is 6.54 Å². The quantitative estimate of drug-likeness (QED) is 0.764. The summed E-state index contributed by atoms with van der Waals surface area (Å²) in [5, 5.41) is 2.19. The third-order valence-electron chi connectivity index (χ3n) is 4.31. The molecule has 1 unspecified atom stereocenters. The topological polar surface area (TPSA) is 43.1 Å². The first-order valence-electron chi connectivity index (χ1n) is 7.84. The minimum atomic E-state index is 0.245. The van der Waals surface area contributed by atoms with E-state index in [0.29, 0.717) is 24.8 Å². The lowest BCUT2D eigenvalue weighted by molar-refractivity contribution is 0.0970. The molecule has 0 fully saturated rings. The van der Waals surface area contributed by atoms with Gasteiger partial charge in [0.15, 0.2) is 5.78 Å². The number of carbonyl (C=O) groups excluding carboxylic acids is 1. The van der Waals surface area contributed by atoms with Crippen molar-refractivity contribution < 1.29 is 4.79 Å². The fraction of sp³-hybridized carbons (Fsp3) is 0.421. The second-order valence-corrected chi connectivity index (χ2v) is 6.07. The fourth-order valence-electron chi connectivity index (χ4n) is 2.94. The van der Waals surface area contributed by atoms with Crippen LogP contribution in [0.2, 0.25) is 0 Å². The smallest absolute Gasteiger partial charge is 0.163 e. The lowest BCUT2D eigenvalue weighted by atomic mass is 9.86. The molecule has 0 aliphatic carbocycles. The van der Waals surface area contributed by atoms with Crippen LogP contribution in [-0.4, -0.2) is 12.3 Å². The molecule has 21 heavy (non-hydrogen) atoms. The highest BCUT2D eigenvalue weighted by atomic mass is 16.1. The molecule has 2 aromatic rings. The largest absolute Gasteiger partial charge is 0.330 e. The average Bonchev–Trinajstić information content (AvgIpc) is 2.50. The number of nitrogens with two attached hydrogens (primary N) is 1. The third-order valence-corrected chi connectivity index (χ3v) is 4.31. The molecular formula is C19H25NO. The molecule has 0 aliphatic rings. The first-order chi connectivity index (χ1) is 10.1.